The predicted molar refractivity (Wildman–Crippen MR) is 144 cm³/mol. The molecule has 4 rings (SSSR count). The number of ether oxygens (including phenoxy) is 2. The molecular formula is C27H35N5O4. The van der Waals surface area contributed by atoms with Gasteiger partial charge in [0.05, 0.1) is 18.2 Å². The number of aromatic nitrogens is 2. The summed E-state index contributed by atoms with van der Waals surface area (Å²) in [6.45, 7) is 4.91. The summed E-state index contributed by atoms with van der Waals surface area (Å²) in [6.07, 6.45) is 3.61. The largest absolute Gasteiger partial charge is 0.491 e. The molecule has 1 aliphatic rings. The number of aldehydes is 2. The standard InChI is InChI=1S/C23H26N4O3.C3H4O.CH5N/c1-24-20-6-4-3-5-18(20)21-11-12-25-23-19(15-28)22(26-27(21)23)16-7-9-17(10-8-16)30-14-13-29-2;1-2-3-4;1-2/h3-10,15,21,24-25H,11-14H2,1-2H3;2-3H,1H2;2H2,1H3. The molecule has 0 bridgehead atoms. The average molecular weight is 494 g/mol. The molecule has 9 heteroatoms. The minimum Gasteiger partial charge on any atom is -0.491 e. The van der Waals surface area contributed by atoms with Gasteiger partial charge in [-0.3, -0.25) is 9.59 Å². The Bertz CT molecular complexity index is 1110. The van der Waals surface area contributed by atoms with Crippen molar-refractivity contribution in [3.8, 4) is 17.0 Å². The Hall–Kier alpha value is -3.95. The smallest absolute Gasteiger partial charge is 0.156 e. The predicted octanol–water partition coefficient (Wildman–Crippen LogP) is 3.78. The van der Waals surface area contributed by atoms with Crippen molar-refractivity contribution in [1.82, 2.24) is 9.78 Å². The van der Waals surface area contributed by atoms with Gasteiger partial charge in [0.1, 0.15) is 30.2 Å². The van der Waals surface area contributed by atoms with Gasteiger partial charge in [-0.15, -0.1) is 0 Å². The number of carbonyl (C=O) groups excluding carboxylic acids is 2. The number of nitrogens with two attached hydrogens (primary N) is 1. The van der Waals surface area contributed by atoms with Crippen molar-refractivity contribution >= 4 is 24.1 Å². The fourth-order valence-corrected chi connectivity index (χ4v) is 3.88. The highest BCUT2D eigenvalue weighted by atomic mass is 16.5. The van der Waals surface area contributed by atoms with Crippen molar-refractivity contribution in [2.24, 2.45) is 5.73 Å². The van der Waals surface area contributed by atoms with Crippen molar-refractivity contribution in [3.63, 3.8) is 0 Å². The van der Waals surface area contributed by atoms with Gasteiger partial charge >= 0.3 is 0 Å². The van der Waals surface area contributed by atoms with Gasteiger partial charge in [0.25, 0.3) is 0 Å². The van der Waals surface area contributed by atoms with Crippen LogP contribution < -0.4 is 21.1 Å². The number of fused-ring (bicyclic) bond motifs is 1. The molecule has 3 aromatic rings. The van der Waals surface area contributed by atoms with Crippen LogP contribution in [0.2, 0.25) is 0 Å². The lowest BCUT2D eigenvalue weighted by atomic mass is 10.00. The van der Waals surface area contributed by atoms with Crippen LogP contribution >= 0.6 is 0 Å². The molecule has 0 saturated carbocycles. The zero-order valence-electron chi connectivity index (χ0n) is 21.1. The van der Waals surface area contributed by atoms with Gasteiger partial charge in [0.15, 0.2) is 6.29 Å². The van der Waals surface area contributed by atoms with Crippen LogP contribution in [-0.4, -0.2) is 63.3 Å². The number of nitrogens with zero attached hydrogens (tertiary/aromatic N) is 2. The fraction of sp³-hybridized carbons (Fsp3) is 0.296. The number of methoxy groups -OCH3 is 1. The number of nitrogens with one attached hydrogen (secondary N) is 2. The summed E-state index contributed by atoms with van der Waals surface area (Å²) in [5.41, 5.74) is 8.86. The Morgan fingerprint density at radius 3 is 2.47 bits per heavy atom. The monoisotopic (exact) mass is 493 g/mol. The Morgan fingerprint density at radius 1 is 1.17 bits per heavy atom. The van der Waals surface area contributed by atoms with Crippen LogP contribution in [0, 0.1) is 0 Å². The summed E-state index contributed by atoms with van der Waals surface area (Å²) >= 11 is 0. The summed E-state index contributed by atoms with van der Waals surface area (Å²) in [4.78, 5) is 21.1. The van der Waals surface area contributed by atoms with E-state index >= 15 is 0 Å². The third-order valence-corrected chi connectivity index (χ3v) is 5.44. The lowest BCUT2D eigenvalue weighted by Gasteiger charge is -2.27. The molecule has 4 N–H and O–H groups in total. The molecule has 0 saturated heterocycles. The van der Waals surface area contributed by atoms with E-state index in [2.05, 4.69) is 35.1 Å². The Labute approximate surface area is 212 Å². The third kappa shape index (κ3) is 6.80. The highest BCUT2D eigenvalue weighted by Gasteiger charge is 2.29. The van der Waals surface area contributed by atoms with Crippen LogP contribution in [0.25, 0.3) is 11.3 Å². The first-order chi connectivity index (χ1) is 17.7. The maximum absolute atomic E-state index is 12.0. The molecule has 36 heavy (non-hydrogen) atoms. The van der Waals surface area contributed by atoms with E-state index in [-0.39, 0.29) is 6.04 Å². The van der Waals surface area contributed by atoms with E-state index in [0.29, 0.717) is 30.8 Å². The normalized spacial score (nSPS) is 13.4. The highest BCUT2D eigenvalue weighted by Crippen LogP contribution is 2.38. The van der Waals surface area contributed by atoms with E-state index < -0.39 is 0 Å². The molecule has 1 unspecified atom stereocenters. The topological polar surface area (TPSA) is 120 Å². The number of rotatable bonds is 9. The summed E-state index contributed by atoms with van der Waals surface area (Å²) in [5.74, 6) is 1.52. The van der Waals surface area contributed by atoms with E-state index in [0.717, 1.165) is 47.6 Å². The van der Waals surface area contributed by atoms with Crippen molar-refractivity contribution < 1.29 is 19.1 Å². The average Bonchev–Trinajstić information content (AvgIpc) is 3.33. The summed E-state index contributed by atoms with van der Waals surface area (Å²) in [5, 5.41) is 11.5. The van der Waals surface area contributed by atoms with Crippen LogP contribution in [0.1, 0.15) is 28.4 Å². The zero-order valence-corrected chi connectivity index (χ0v) is 21.1. The number of anilines is 2. The Balaban J connectivity index is 0.000000694. The first kappa shape index (κ1) is 28.3. The molecule has 2 aromatic carbocycles. The van der Waals surface area contributed by atoms with Gasteiger partial charge in [0.2, 0.25) is 0 Å². The van der Waals surface area contributed by atoms with Crippen LogP contribution in [0.15, 0.2) is 61.2 Å². The first-order valence-electron chi connectivity index (χ1n) is 11.6. The number of hydrogen-bond acceptors (Lipinski definition) is 8. The molecule has 192 valence electrons. The van der Waals surface area contributed by atoms with Crippen molar-refractivity contribution in [1.29, 1.82) is 0 Å². The van der Waals surface area contributed by atoms with Crippen molar-refractivity contribution in [2.75, 3.05) is 51.6 Å². The van der Waals surface area contributed by atoms with Gasteiger partial charge in [0, 0.05) is 32.0 Å². The molecule has 1 aromatic heterocycles. The molecule has 0 radical (unpaired) electrons. The lowest BCUT2D eigenvalue weighted by Crippen LogP contribution is -2.25. The number of para-hydroxylation sites is 1. The summed E-state index contributed by atoms with van der Waals surface area (Å²) < 4.78 is 12.6. The van der Waals surface area contributed by atoms with Gasteiger partial charge in [-0.05, 0) is 55.4 Å². The van der Waals surface area contributed by atoms with E-state index in [1.54, 1.807) is 7.11 Å². The van der Waals surface area contributed by atoms with Crippen LogP contribution in [-0.2, 0) is 9.53 Å². The summed E-state index contributed by atoms with van der Waals surface area (Å²) in [6, 6.07) is 15.9. The van der Waals surface area contributed by atoms with E-state index in [9.17, 15) is 4.79 Å². The van der Waals surface area contributed by atoms with Crippen molar-refractivity contribution in [2.45, 2.75) is 12.5 Å². The molecule has 9 nitrogen and oxygen atoms in total. The van der Waals surface area contributed by atoms with Crippen LogP contribution in [0.5, 0.6) is 5.75 Å². The molecule has 0 aliphatic carbocycles. The summed E-state index contributed by atoms with van der Waals surface area (Å²) in [7, 11) is 5.06. The van der Waals surface area contributed by atoms with E-state index in [1.165, 1.54) is 13.1 Å². The molecule has 0 spiro atoms. The second-order valence-corrected chi connectivity index (χ2v) is 7.48. The maximum Gasteiger partial charge on any atom is 0.156 e. The van der Waals surface area contributed by atoms with E-state index in [1.807, 2.05) is 48.1 Å². The van der Waals surface area contributed by atoms with Gasteiger partial charge in [-0.25, -0.2) is 4.68 Å². The molecule has 1 aliphatic heterocycles. The lowest BCUT2D eigenvalue weighted by molar-refractivity contribution is -0.104. The minimum absolute atomic E-state index is 0.0500. The molecule has 2 heterocycles. The van der Waals surface area contributed by atoms with Gasteiger partial charge in [-0.1, -0.05) is 24.8 Å². The molecule has 1 atom stereocenters. The Morgan fingerprint density at radius 2 is 1.86 bits per heavy atom. The second kappa shape index (κ2) is 15.1. The van der Waals surface area contributed by atoms with E-state index in [4.69, 9.17) is 19.4 Å². The third-order valence-electron chi connectivity index (χ3n) is 5.44. The minimum atomic E-state index is 0.0500. The number of hydrogen-bond donors (Lipinski definition) is 3. The van der Waals surface area contributed by atoms with Crippen molar-refractivity contribution in [3.05, 3.63) is 72.3 Å². The SMILES string of the molecule is C=CC=O.CN.CNc1ccccc1C1CCNc2c(C=O)c(-c3ccc(OCCOC)cc3)nn21. The molecule has 0 amide bonds. The Kier molecular flexibility index (Phi) is 11.9. The second-order valence-electron chi connectivity index (χ2n) is 7.48. The number of carbonyl (C=O) groups is 2. The maximum atomic E-state index is 12.0. The number of allylic oxidation sites excluding steroid dienone is 1. The van der Waals surface area contributed by atoms with Crippen LogP contribution in [0.4, 0.5) is 11.5 Å². The quantitative estimate of drug-likeness (QED) is 0.234. The number of benzene rings is 2. The van der Waals surface area contributed by atoms with Crippen LogP contribution in [0.3, 0.4) is 0 Å². The fourth-order valence-electron chi connectivity index (χ4n) is 3.88. The molecule has 0 fully saturated rings. The van der Waals surface area contributed by atoms with Gasteiger partial charge in [-0.2, -0.15) is 5.10 Å². The highest BCUT2D eigenvalue weighted by molar-refractivity contribution is 5.92. The zero-order chi connectivity index (χ0) is 26.3. The van der Waals surface area contributed by atoms with Gasteiger partial charge < -0.3 is 25.8 Å². The molecular weight excluding hydrogens is 458 g/mol. The first-order valence-corrected chi connectivity index (χ1v) is 11.6.